The van der Waals surface area contributed by atoms with Crippen LogP contribution in [0.2, 0.25) is 0 Å². The molecule has 0 amide bonds. The third kappa shape index (κ3) is 3.97. The molecule has 0 saturated heterocycles. The van der Waals surface area contributed by atoms with E-state index in [0.29, 0.717) is 5.56 Å². The van der Waals surface area contributed by atoms with E-state index in [1.165, 1.54) is 12.1 Å². The Bertz CT molecular complexity index is 715. The molecular formula is C20H24F3N. The molecule has 0 aliphatic carbocycles. The largest absolute Gasteiger partial charge is 0.416 e. The zero-order valence-electron chi connectivity index (χ0n) is 15.0. The molecule has 130 valence electrons. The van der Waals surface area contributed by atoms with E-state index in [1.807, 2.05) is 12.1 Å². The van der Waals surface area contributed by atoms with E-state index in [1.54, 1.807) is 0 Å². The molecule has 0 aliphatic rings. The number of pyridine rings is 1. The molecule has 0 N–H and O–H groups in total. The lowest BCUT2D eigenvalue weighted by molar-refractivity contribution is -0.137. The van der Waals surface area contributed by atoms with Crippen LogP contribution >= 0.6 is 0 Å². The molecule has 24 heavy (non-hydrogen) atoms. The summed E-state index contributed by atoms with van der Waals surface area (Å²) in [4.78, 5) is 4.79. The van der Waals surface area contributed by atoms with E-state index in [0.717, 1.165) is 29.1 Å². The minimum Gasteiger partial charge on any atom is -0.252 e. The molecule has 0 aliphatic heterocycles. The van der Waals surface area contributed by atoms with Gasteiger partial charge in [0.25, 0.3) is 0 Å². The first-order chi connectivity index (χ1) is 10.8. The number of rotatable bonds is 1. The summed E-state index contributed by atoms with van der Waals surface area (Å²) in [6, 6.07) is 9.30. The summed E-state index contributed by atoms with van der Waals surface area (Å²) in [5.41, 5.74) is 2.48. The molecule has 0 unspecified atom stereocenters. The molecule has 0 fully saturated rings. The number of nitrogens with zero attached hydrogens (tertiary/aromatic N) is 1. The zero-order chi connectivity index (χ0) is 18.3. The van der Waals surface area contributed by atoms with Crippen molar-refractivity contribution in [3.8, 4) is 11.3 Å². The van der Waals surface area contributed by atoms with Crippen LogP contribution in [-0.2, 0) is 17.0 Å². The highest BCUT2D eigenvalue weighted by molar-refractivity contribution is 5.65. The second-order valence-electron chi connectivity index (χ2n) is 8.17. The number of alkyl halides is 3. The Labute approximate surface area is 141 Å². The highest BCUT2D eigenvalue weighted by Gasteiger charge is 2.30. The Hall–Kier alpha value is -1.84. The van der Waals surface area contributed by atoms with Gasteiger partial charge in [0.05, 0.1) is 11.3 Å². The average molecular weight is 335 g/mol. The fourth-order valence-electron chi connectivity index (χ4n) is 2.52. The molecule has 1 aromatic heterocycles. The highest BCUT2D eigenvalue weighted by atomic mass is 19.4. The van der Waals surface area contributed by atoms with Gasteiger partial charge in [0.15, 0.2) is 0 Å². The van der Waals surface area contributed by atoms with Gasteiger partial charge in [-0.25, -0.2) is 0 Å². The Balaban J connectivity index is 2.62. The molecule has 1 heterocycles. The van der Waals surface area contributed by atoms with Crippen molar-refractivity contribution in [2.75, 3.05) is 0 Å². The van der Waals surface area contributed by atoms with Gasteiger partial charge in [-0.15, -0.1) is 0 Å². The molecular weight excluding hydrogens is 311 g/mol. The smallest absolute Gasteiger partial charge is 0.252 e. The quantitative estimate of drug-likeness (QED) is 0.590. The van der Waals surface area contributed by atoms with Crippen LogP contribution in [0.5, 0.6) is 0 Å². The first-order valence-corrected chi connectivity index (χ1v) is 8.00. The summed E-state index contributed by atoms with van der Waals surface area (Å²) in [5, 5.41) is 0. The minimum atomic E-state index is -4.33. The van der Waals surface area contributed by atoms with Gasteiger partial charge in [0, 0.05) is 16.7 Å². The van der Waals surface area contributed by atoms with Crippen LogP contribution in [0.1, 0.15) is 58.4 Å². The lowest BCUT2D eigenvalue weighted by Gasteiger charge is -2.26. The van der Waals surface area contributed by atoms with Crippen molar-refractivity contribution < 1.29 is 13.2 Å². The van der Waals surface area contributed by atoms with E-state index in [9.17, 15) is 13.2 Å². The van der Waals surface area contributed by atoms with Gasteiger partial charge in [-0.1, -0.05) is 59.7 Å². The normalized spacial score (nSPS) is 13.2. The molecule has 0 atom stereocenters. The first-order valence-electron chi connectivity index (χ1n) is 8.00. The molecule has 1 aromatic carbocycles. The van der Waals surface area contributed by atoms with Gasteiger partial charge in [-0.3, -0.25) is 4.98 Å². The summed E-state index contributed by atoms with van der Waals surface area (Å²) >= 11 is 0. The SMILES string of the molecule is CC(C)(C)c1ccc(C(C)(C)C)c(-c2ccc(C(F)(F)F)cc2)n1. The van der Waals surface area contributed by atoms with Crippen LogP contribution in [0.25, 0.3) is 11.3 Å². The Morgan fingerprint density at radius 1 is 0.708 bits per heavy atom. The van der Waals surface area contributed by atoms with E-state index in [4.69, 9.17) is 4.98 Å². The summed E-state index contributed by atoms with van der Waals surface area (Å²) in [5.74, 6) is 0. The van der Waals surface area contributed by atoms with Gasteiger partial charge >= 0.3 is 6.18 Å². The maximum Gasteiger partial charge on any atom is 0.416 e. The number of hydrogen-bond acceptors (Lipinski definition) is 1. The van der Waals surface area contributed by atoms with Crippen molar-refractivity contribution in [3.05, 3.63) is 53.2 Å². The number of hydrogen-bond donors (Lipinski definition) is 0. The third-order valence-electron chi connectivity index (χ3n) is 3.96. The van der Waals surface area contributed by atoms with Crippen molar-refractivity contribution in [1.29, 1.82) is 0 Å². The number of benzene rings is 1. The Morgan fingerprint density at radius 2 is 1.25 bits per heavy atom. The maximum atomic E-state index is 12.8. The van der Waals surface area contributed by atoms with Gasteiger partial charge in [0.1, 0.15) is 0 Å². The molecule has 1 nitrogen and oxygen atoms in total. The molecule has 4 heteroatoms. The lowest BCUT2D eigenvalue weighted by Crippen LogP contribution is -2.18. The van der Waals surface area contributed by atoms with E-state index in [2.05, 4.69) is 41.5 Å². The van der Waals surface area contributed by atoms with E-state index < -0.39 is 11.7 Å². The minimum absolute atomic E-state index is 0.128. The van der Waals surface area contributed by atoms with Crippen LogP contribution < -0.4 is 0 Å². The Morgan fingerprint density at radius 3 is 1.67 bits per heavy atom. The summed E-state index contributed by atoms with van der Waals surface area (Å²) in [6.07, 6.45) is -4.33. The van der Waals surface area contributed by atoms with Crippen LogP contribution in [0.4, 0.5) is 13.2 Å². The van der Waals surface area contributed by atoms with Crippen LogP contribution in [0.3, 0.4) is 0 Å². The molecule has 2 rings (SSSR count). The van der Waals surface area contributed by atoms with Crippen molar-refractivity contribution in [2.24, 2.45) is 0 Å². The molecule has 0 saturated carbocycles. The monoisotopic (exact) mass is 335 g/mol. The summed E-state index contributed by atoms with van der Waals surface area (Å²) < 4.78 is 38.4. The van der Waals surface area contributed by atoms with Crippen molar-refractivity contribution in [2.45, 2.75) is 58.5 Å². The highest BCUT2D eigenvalue weighted by Crippen LogP contribution is 2.36. The standard InChI is InChI=1S/C20H24F3N/c1-18(2,3)15-11-12-16(19(4,5)6)24-17(15)13-7-9-14(10-8-13)20(21,22)23/h7-12H,1-6H3. The third-order valence-corrected chi connectivity index (χ3v) is 3.96. The first kappa shape index (κ1) is 18.5. The van der Waals surface area contributed by atoms with Gasteiger partial charge in [-0.2, -0.15) is 13.2 Å². The van der Waals surface area contributed by atoms with Gasteiger partial charge in [0.2, 0.25) is 0 Å². The van der Waals surface area contributed by atoms with Gasteiger partial charge < -0.3 is 0 Å². The fourth-order valence-corrected chi connectivity index (χ4v) is 2.52. The molecule has 2 aromatic rings. The fraction of sp³-hybridized carbons (Fsp3) is 0.450. The van der Waals surface area contributed by atoms with Crippen molar-refractivity contribution in [3.63, 3.8) is 0 Å². The molecule has 0 radical (unpaired) electrons. The predicted octanol–water partition coefficient (Wildman–Crippen LogP) is 6.36. The van der Waals surface area contributed by atoms with Crippen molar-refractivity contribution in [1.82, 2.24) is 4.98 Å². The van der Waals surface area contributed by atoms with E-state index in [-0.39, 0.29) is 10.8 Å². The summed E-state index contributed by atoms with van der Waals surface area (Å²) in [6.45, 7) is 12.4. The Kier molecular flexibility index (Phi) is 4.55. The van der Waals surface area contributed by atoms with Gasteiger partial charge in [-0.05, 0) is 29.2 Å². The number of halogens is 3. The average Bonchev–Trinajstić information content (AvgIpc) is 2.44. The second-order valence-corrected chi connectivity index (χ2v) is 8.17. The summed E-state index contributed by atoms with van der Waals surface area (Å²) in [7, 11) is 0. The van der Waals surface area contributed by atoms with Crippen LogP contribution in [-0.4, -0.2) is 4.98 Å². The molecule has 0 bridgehead atoms. The van der Waals surface area contributed by atoms with Crippen molar-refractivity contribution >= 4 is 0 Å². The number of aromatic nitrogens is 1. The van der Waals surface area contributed by atoms with Crippen LogP contribution in [0, 0.1) is 0 Å². The predicted molar refractivity (Wildman–Crippen MR) is 92.1 cm³/mol. The lowest BCUT2D eigenvalue weighted by atomic mass is 9.82. The maximum absolute atomic E-state index is 12.8. The topological polar surface area (TPSA) is 12.9 Å². The van der Waals surface area contributed by atoms with E-state index >= 15 is 0 Å². The zero-order valence-corrected chi connectivity index (χ0v) is 15.0. The second kappa shape index (κ2) is 5.91. The molecule has 0 spiro atoms. The van der Waals surface area contributed by atoms with Crippen LogP contribution in [0.15, 0.2) is 36.4 Å².